The van der Waals surface area contributed by atoms with Crippen molar-refractivity contribution in [2.75, 3.05) is 13.7 Å². The molecular formula is C13H14N2O5S. The van der Waals surface area contributed by atoms with E-state index in [1.165, 1.54) is 19.2 Å². The number of esters is 1. The first kappa shape index (κ1) is 14.0. The number of methoxy groups -OCH3 is 1. The maximum atomic E-state index is 12.4. The molecule has 1 aromatic rings. The Bertz CT molecular complexity index is 724. The maximum absolute atomic E-state index is 12.4. The van der Waals surface area contributed by atoms with Crippen LogP contribution >= 0.6 is 0 Å². The Morgan fingerprint density at radius 2 is 2.05 bits per heavy atom. The largest absolute Gasteiger partial charge is 0.469 e. The predicted octanol–water partition coefficient (Wildman–Crippen LogP) is 0.289. The van der Waals surface area contributed by atoms with Gasteiger partial charge in [0.1, 0.15) is 0 Å². The van der Waals surface area contributed by atoms with Crippen molar-refractivity contribution in [2.45, 2.75) is 17.7 Å². The van der Waals surface area contributed by atoms with Crippen molar-refractivity contribution < 1.29 is 22.7 Å². The zero-order valence-electron chi connectivity index (χ0n) is 11.3. The standard InChI is InChI=1S/C13H14N2O5S/c1-20-12(17)13(6-7-13)8-15-11(16)9-4-2-3-5-10(9)21(18,19)14-15/h2-5,14H,6-8H2,1H3. The molecule has 1 aliphatic carbocycles. The van der Waals surface area contributed by atoms with E-state index in [-0.39, 0.29) is 17.0 Å². The molecule has 0 atom stereocenters. The molecule has 1 heterocycles. The van der Waals surface area contributed by atoms with E-state index in [0.717, 1.165) is 5.01 Å². The van der Waals surface area contributed by atoms with Crippen molar-refractivity contribution in [1.82, 2.24) is 9.84 Å². The van der Waals surface area contributed by atoms with Crippen molar-refractivity contribution in [3.63, 3.8) is 0 Å². The second-order valence-corrected chi connectivity index (χ2v) is 6.88. The summed E-state index contributed by atoms with van der Waals surface area (Å²) in [5.74, 6) is -0.885. The number of hydrazine groups is 1. The van der Waals surface area contributed by atoms with Gasteiger partial charge in [-0.25, -0.2) is 8.42 Å². The summed E-state index contributed by atoms with van der Waals surface area (Å²) in [6.07, 6.45) is 1.15. The van der Waals surface area contributed by atoms with E-state index in [1.54, 1.807) is 12.1 Å². The summed E-state index contributed by atoms with van der Waals surface area (Å²) < 4.78 is 29.0. The molecule has 3 rings (SSSR count). The van der Waals surface area contributed by atoms with Gasteiger partial charge in [-0.1, -0.05) is 12.1 Å². The molecular weight excluding hydrogens is 296 g/mol. The number of sulfonamides is 1. The SMILES string of the molecule is COC(=O)C1(CN2NS(=O)(=O)c3ccccc3C2=O)CC1. The second-order valence-electron chi connectivity index (χ2n) is 5.25. The molecule has 0 unspecified atom stereocenters. The van der Waals surface area contributed by atoms with E-state index >= 15 is 0 Å². The number of hydrogen-bond donors (Lipinski definition) is 1. The van der Waals surface area contributed by atoms with Gasteiger partial charge in [0.05, 0.1) is 29.5 Å². The number of benzene rings is 1. The van der Waals surface area contributed by atoms with Crippen LogP contribution in [0.5, 0.6) is 0 Å². The van der Waals surface area contributed by atoms with Gasteiger partial charge in [0.2, 0.25) is 0 Å². The molecule has 0 bridgehead atoms. The Morgan fingerprint density at radius 3 is 2.67 bits per heavy atom. The fraction of sp³-hybridized carbons (Fsp3) is 0.385. The quantitative estimate of drug-likeness (QED) is 0.810. The number of nitrogens with zero attached hydrogens (tertiary/aromatic N) is 1. The lowest BCUT2D eigenvalue weighted by Gasteiger charge is -2.30. The fourth-order valence-electron chi connectivity index (χ4n) is 2.46. The smallest absolute Gasteiger partial charge is 0.313 e. The fourth-order valence-corrected chi connectivity index (χ4v) is 3.70. The second kappa shape index (κ2) is 4.54. The van der Waals surface area contributed by atoms with E-state index < -0.39 is 27.3 Å². The molecule has 0 radical (unpaired) electrons. The minimum absolute atomic E-state index is 0.0218. The van der Waals surface area contributed by atoms with Crippen LogP contribution in [0.3, 0.4) is 0 Å². The van der Waals surface area contributed by atoms with Gasteiger partial charge in [0.25, 0.3) is 15.9 Å². The number of amides is 1. The number of carbonyl (C=O) groups is 2. The number of nitrogens with one attached hydrogen (secondary N) is 1. The number of carbonyl (C=O) groups excluding carboxylic acids is 2. The zero-order chi connectivity index (χ0) is 15.3. The molecule has 2 aliphatic rings. The molecule has 1 aromatic carbocycles. The molecule has 7 nitrogen and oxygen atoms in total. The summed E-state index contributed by atoms with van der Waals surface area (Å²) >= 11 is 0. The van der Waals surface area contributed by atoms with E-state index in [9.17, 15) is 18.0 Å². The van der Waals surface area contributed by atoms with Crippen LogP contribution in [0.1, 0.15) is 23.2 Å². The van der Waals surface area contributed by atoms with Crippen LogP contribution in [0.4, 0.5) is 0 Å². The van der Waals surface area contributed by atoms with Crippen molar-refractivity contribution >= 4 is 21.9 Å². The zero-order valence-corrected chi connectivity index (χ0v) is 12.1. The van der Waals surface area contributed by atoms with E-state index in [0.29, 0.717) is 12.8 Å². The van der Waals surface area contributed by atoms with E-state index in [1.807, 2.05) is 0 Å². The van der Waals surface area contributed by atoms with Gasteiger partial charge in [-0.05, 0) is 25.0 Å². The lowest BCUT2D eigenvalue weighted by molar-refractivity contribution is -0.147. The minimum atomic E-state index is -3.80. The molecule has 1 fully saturated rings. The Labute approximate surface area is 121 Å². The molecule has 112 valence electrons. The first-order valence-corrected chi connectivity index (χ1v) is 7.90. The topological polar surface area (TPSA) is 92.8 Å². The Balaban J connectivity index is 1.94. The molecule has 0 saturated heterocycles. The monoisotopic (exact) mass is 310 g/mol. The highest BCUT2D eigenvalue weighted by Gasteiger charge is 2.54. The van der Waals surface area contributed by atoms with E-state index in [4.69, 9.17) is 4.74 Å². The number of ether oxygens (including phenoxy) is 1. The van der Waals surface area contributed by atoms with Crippen molar-refractivity contribution in [1.29, 1.82) is 0 Å². The molecule has 0 aromatic heterocycles. The normalized spacial score (nSPS) is 21.6. The average molecular weight is 310 g/mol. The summed E-state index contributed by atoms with van der Waals surface area (Å²) in [6.45, 7) is -0.0218. The van der Waals surface area contributed by atoms with Gasteiger partial charge in [-0.15, -0.1) is 4.83 Å². The Hall–Kier alpha value is -1.93. The van der Waals surface area contributed by atoms with Gasteiger partial charge in [-0.2, -0.15) is 0 Å². The Kier molecular flexibility index (Phi) is 3.03. The van der Waals surface area contributed by atoms with Crippen LogP contribution in [-0.4, -0.2) is 39.0 Å². The van der Waals surface area contributed by atoms with Crippen molar-refractivity contribution in [3.8, 4) is 0 Å². The highest BCUT2D eigenvalue weighted by molar-refractivity contribution is 7.89. The third kappa shape index (κ3) is 2.20. The van der Waals surface area contributed by atoms with Crippen LogP contribution in [0, 0.1) is 5.41 Å². The van der Waals surface area contributed by atoms with Crippen LogP contribution in [0.15, 0.2) is 29.2 Å². The summed E-state index contributed by atoms with van der Waals surface area (Å²) in [5.41, 5.74) is -0.684. The van der Waals surface area contributed by atoms with Gasteiger partial charge >= 0.3 is 5.97 Å². The summed E-state index contributed by atoms with van der Waals surface area (Å²) in [5, 5.41) is 0.988. The number of rotatable bonds is 3. The average Bonchev–Trinajstić information content (AvgIpc) is 3.24. The van der Waals surface area contributed by atoms with Gasteiger partial charge < -0.3 is 4.74 Å². The Morgan fingerprint density at radius 1 is 1.38 bits per heavy atom. The van der Waals surface area contributed by atoms with E-state index in [2.05, 4.69) is 4.83 Å². The van der Waals surface area contributed by atoms with Crippen LogP contribution < -0.4 is 4.83 Å². The van der Waals surface area contributed by atoms with Crippen LogP contribution in [0.25, 0.3) is 0 Å². The minimum Gasteiger partial charge on any atom is -0.469 e. The van der Waals surface area contributed by atoms with Crippen LogP contribution in [0.2, 0.25) is 0 Å². The molecule has 21 heavy (non-hydrogen) atoms. The third-order valence-corrected chi connectivity index (χ3v) is 5.21. The molecule has 8 heteroatoms. The van der Waals surface area contributed by atoms with Gasteiger partial charge in [-0.3, -0.25) is 14.6 Å². The molecule has 1 saturated carbocycles. The molecule has 1 aliphatic heterocycles. The maximum Gasteiger partial charge on any atom is 0.313 e. The summed E-state index contributed by atoms with van der Waals surface area (Å²) in [7, 11) is -2.52. The summed E-state index contributed by atoms with van der Waals surface area (Å²) in [6, 6.07) is 5.99. The van der Waals surface area contributed by atoms with Crippen molar-refractivity contribution in [3.05, 3.63) is 29.8 Å². The first-order chi connectivity index (χ1) is 9.89. The highest BCUT2D eigenvalue weighted by atomic mass is 32.2. The van der Waals surface area contributed by atoms with Gasteiger partial charge in [0.15, 0.2) is 0 Å². The third-order valence-electron chi connectivity index (χ3n) is 3.82. The lowest BCUT2D eigenvalue weighted by Crippen LogP contribution is -2.53. The first-order valence-electron chi connectivity index (χ1n) is 6.41. The van der Waals surface area contributed by atoms with Gasteiger partial charge in [0, 0.05) is 0 Å². The number of hydrogen-bond acceptors (Lipinski definition) is 5. The summed E-state index contributed by atoms with van der Waals surface area (Å²) in [4.78, 5) is 26.3. The molecule has 1 N–H and O–H groups in total. The van der Waals surface area contributed by atoms with Crippen LogP contribution in [-0.2, 0) is 19.6 Å². The predicted molar refractivity (Wildman–Crippen MR) is 71.5 cm³/mol. The lowest BCUT2D eigenvalue weighted by atomic mass is 10.1. The molecule has 1 amide bonds. The highest BCUT2D eigenvalue weighted by Crippen LogP contribution is 2.47. The molecule has 0 spiro atoms. The number of fused-ring (bicyclic) bond motifs is 1. The van der Waals surface area contributed by atoms with Crippen molar-refractivity contribution in [2.24, 2.45) is 5.41 Å².